The number of nitrogens with zero attached hydrogens (tertiary/aromatic N) is 4. The zero-order valence-corrected chi connectivity index (χ0v) is 19.8. The van der Waals surface area contributed by atoms with E-state index in [1.54, 1.807) is 0 Å². The summed E-state index contributed by atoms with van der Waals surface area (Å²) in [6.07, 6.45) is 1.46. The van der Waals surface area contributed by atoms with Crippen LogP contribution in [0.15, 0.2) is 53.1 Å². The first-order valence-electron chi connectivity index (χ1n) is 11.3. The van der Waals surface area contributed by atoms with Crippen molar-refractivity contribution >= 4 is 17.5 Å². The van der Waals surface area contributed by atoms with Gasteiger partial charge in [-0.25, -0.2) is 4.98 Å². The lowest BCUT2D eigenvalue weighted by Crippen LogP contribution is -2.47. The number of aromatic nitrogens is 1. The quantitative estimate of drug-likeness (QED) is 0.509. The van der Waals surface area contributed by atoms with Crippen molar-refractivity contribution < 1.29 is 18.7 Å². The minimum absolute atomic E-state index is 0.0866. The van der Waals surface area contributed by atoms with Gasteiger partial charge in [-0.05, 0) is 36.4 Å². The molecule has 1 amide bonds. The summed E-state index contributed by atoms with van der Waals surface area (Å²) in [4.78, 5) is 23.6. The number of ether oxygens (including phenoxy) is 2. The topological polar surface area (TPSA) is 71.3 Å². The van der Waals surface area contributed by atoms with Gasteiger partial charge in [-0.1, -0.05) is 35.9 Å². The number of amides is 1. The zero-order chi connectivity index (χ0) is 23.5. The average Bonchev–Trinajstić information content (AvgIpc) is 3.50. The van der Waals surface area contributed by atoms with Crippen LogP contribution in [0.2, 0.25) is 5.02 Å². The molecule has 178 valence electrons. The molecule has 34 heavy (non-hydrogen) atoms. The molecule has 2 aromatic carbocycles. The van der Waals surface area contributed by atoms with E-state index in [0.29, 0.717) is 49.3 Å². The molecule has 2 aliphatic rings. The molecule has 5 rings (SSSR count). The minimum atomic E-state index is -0.0866. The molecule has 0 atom stereocenters. The van der Waals surface area contributed by atoms with Crippen molar-refractivity contribution in [1.29, 1.82) is 0 Å². The molecule has 0 unspecified atom stereocenters. The van der Waals surface area contributed by atoms with Crippen molar-refractivity contribution in [3.8, 4) is 11.5 Å². The van der Waals surface area contributed by atoms with Crippen LogP contribution in [-0.4, -0.2) is 65.6 Å². The van der Waals surface area contributed by atoms with Crippen LogP contribution in [0.4, 0.5) is 0 Å². The summed E-state index contributed by atoms with van der Waals surface area (Å²) >= 11 is 6.44. The minimum Gasteiger partial charge on any atom is -0.454 e. The number of carbonyl (C=O) groups is 1. The molecular weight excluding hydrogens is 456 g/mol. The molecule has 1 fully saturated rings. The number of carbonyl (C=O) groups excluding carboxylic acids is 1. The second kappa shape index (κ2) is 10.0. The molecule has 3 heterocycles. The van der Waals surface area contributed by atoms with Gasteiger partial charge in [0.1, 0.15) is 6.26 Å². The van der Waals surface area contributed by atoms with Gasteiger partial charge in [-0.2, -0.15) is 0 Å². The highest BCUT2D eigenvalue weighted by molar-refractivity contribution is 6.31. The van der Waals surface area contributed by atoms with Crippen LogP contribution >= 0.6 is 11.6 Å². The first kappa shape index (κ1) is 22.7. The second-order valence-electron chi connectivity index (χ2n) is 8.65. The molecule has 0 N–H and O–H groups in total. The number of benzene rings is 2. The average molecular weight is 483 g/mol. The van der Waals surface area contributed by atoms with E-state index in [1.807, 2.05) is 47.4 Å². The third-order valence-corrected chi connectivity index (χ3v) is 6.48. The molecular formula is C25H27ClN4O4. The van der Waals surface area contributed by atoms with Crippen LogP contribution in [0, 0.1) is 0 Å². The van der Waals surface area contributed by atoms with Gasteiger partial charge in [0.2, 0.25) is 12.7 Å². The zero-order valence-electron chi connectivity index (χ0n) is 19.1. The Morgan fingerprint density at radius 2 is 1.82 bits per heavy atom. The maximum Gasteiger partial charge on any atom is 0.275 e. The Morgan fingerprint density at radius 1 is 1.03 bits per heavy atom. The lowest BCUT2D eigenvalue weighted by atomic mass is 10.1. The summed E-state index contributed by atoms with van der Waals surface area (Å²) in [5.74, 6) is 1.90. The van der Waals surface area contributed by atoms with Crippen molar-refractivity contribution in [2.75, 3.05) is 40.0 Å². The first-order valence-corrected chi connectivity index (χ1v) is 11.7. The Hall–Kier alpha value is -3.07. The van der Waals surface area contributed by atoms with E-state index in [-0.39, 0.29) is 12.7 Å². The number of likely N-dealkylation sites (N-methyl/N-ethyl adjacent to an activating group) is 1. The third kappa shape index (κ3) is 5.19. The fraction of sp³-hybridized carbons (Fsp3) is 0.360. The van der Waals surface area contributed by atoms with Gasteiger partial charge >= 0.3 is 0 Å². The maximum atomic E-state index is 12.9. The van der Waals surface area contributed by atoms with Crippen LogP contribution in [-0.2, 0) is 19.6 Å². The second-order valence-corrected chi connectivity index (χ2v) is 9.05. The fourth-order valence-corrected chi connectivity index (χ4v) is 4.37. The van der Waals surface area contributed by atoms with Crippen molar-refractivity contribution in [3.63, 3.8) is 0 Å². The Balaban J connectivity index is 1.32. The first-order chi connectivity index (χ1) is 16.5. The third-order valence-electron chi connectivity index (χ3n) is 6.12. The van der Waals surface area contributed by atoms with Crippen LogP contribution in [0.1, 0.15) is 27.5 Å². The van der Waals surface area contributed by atoms with Crippen molar-refractivity contribution in [2.45, 2.75) is 19.6 Å². The van der Waals surface area contributed by atoms with E-state index < -0.39 is 0 Å². The van der Waals surface area contributed by atoms with Gasteiger partial charge < -0.3 is 23.7 Å². The summed E-state index contributed by atoms with van der Waals surface area (Å²) in [7, 11) is 2.06. The molecule has 1 aromatic heterocycles. The maximum absolute atomic E-state index is 12.9. The summed E-state index contributed by atoms with van der Waals surface area (Å²) in [6.45, 7) is 4.98. The number of rotatable bonds is 7. The highest BCUT2D eigenvalue weighted by atomic mass is 35.5. The van der Waals surface area contributed by atoms with Crippen LogP contribution in [0.3, 0.4) is 0 Å². The predicted octanol–water partition coefficient (Wildman–Crippen LogP) is 3.65. The van der Waals surface area contributed by atoms with Crippen LogP contribution < -0.4 is 9.47 Å². The summed E-state index contributed by atoms with van der Waals surface area (Å²) < 4.78 is 16.7. The SMILES string of the molecule is CN1CCN(C(=O)c2coc(CN(Cc3ccc4c(c3)OCO4)Cc3ccccc3Cl)n2)CC1. The Morgan fingerprint density at radius 3 is 2.65 bits per heavy atom. The van der Waals surface area contributed by atoms with Gasteiger partial charge in [0, 0.05) is 44.3 Å². The number of fused-ring (bicyclic) bond motifs is 1. The largest absolute Gasteiger partial charge is 0.454 e. The van der Waals surface area contributed by atoms with Crippen molar-refractivity contribution in [2.24, 2.45) is 0 Å². The van der Waals surface area contributed by atoms with Gasteiger partial charge in [0.05, 0.1) is 6.54 Å². The summed E-state index contributed by atoms with van der Waals surface area (Å²) in [6, 6.07) is 13.7. The van der Waals surface area contributed by atoms with Crippen molar-refractivity contribution in [3.05, 3.63) is 76.5 Å². The number of hydrogen-bond donors (Lipinski definition) is 0. The molecule has 0 spiro atoms. The molecule has 0 bridgehead atoms. The van der Waals surface area contributed by atoms with E-state index in [1.165, 1.54) is 6.26 Å². The molecule has 8 nitrogen and oxygen atoms in total. The van der Waals surface area contributed by atoms with E-state index in [9.17, 15) is 4.79 Å². The normalized spacial score (nSPS) is 15.8. The van der Waals surface area contributed by atoms with Crippen molar-refractivity contribution in [1.82, 2.24) is 19.7 Å². The summed E-state index contributed by atoms with van der Waals surface area (Å²) in [5.41, 5.74) is 2.42. The van der Waals surface area contributed by atoms with Gasteiger partial charge in [0.25, 0.3) is 5.91 Å². The number of piperazine rings is 1. The van der Waals surface area contributed by atoms with Crippen LogP contribution in [0.25, 0.3) is 0 Å². The lowest BCUT2D eigenvalue weighted by Gasteiger charge is -2.31. The van der Waals surface area contributed by atoms with E-state index in [4.69, 9.17) is 25.5 Å². The van der Waals surface area contributed by atoms with Gasteiger partial charge in [-0.3, -0.25) is 9.69 Å². The number of hydrogen-bond acceptors (Lipinski definition) is 7. The number of oxazole rings is 1. The standard InChI is InChI=1S/C25H27ClN4O4/c1-28-8-10-30(11-9-28)25(31)21-16-32-24(27-21)15-29(14-19-4-2-3-5-20(19)26)13-18-6-7-22-23(12-18)34-17-33-22/h2-7,12,16H,8-11,13-15,17H2,1H3. The van der Waals surface area contributed by atoms with E-state index in [2.05, 4.69) is 21.8 Å². The predicted molar refractivity (Wildman–Crippen MR) is 127 cm³/mol. The Labute approximate surface area is 203 Å². The Bertz CT molecular complexity index is 1160. The van der Waals surface area contributed by atoms with Crippen LogP contribution in [0.5, 0.6) is 11.5 Å². The molecule has 0 saturated carbocycles. The molecule has 0 aliphatic carbocycles. The van der Waals surface area contributed by atoms with E-state index in [0.717, 1.165) is 35.7 Å². The smallest absolute Gasteiger partial charge is 0.275 e. The lowest BCUT2D eigenvalue weighted by molar-refractivity contribution is 0.0658. The summed E-state index contributed by atoms with van der Waals surface area (Å²) in [5, 5.41) is 0.705. The molecule has 3 aromatic rings. The Kier molecular flexibility index (Phi) is 6.71. The number of halogens is 1. The van der Waals surface area contributed by atoms with E-state index >= 15 is 0 Å². The molecule has 1 saturated heterocycles. The molecule has 2 aliphatic heterocycles. The molecule has 0 radical (unpaired) electrons. The molecule has 9 heteroatoms. The fourth-order valence-electron chi connectivity index (χ4n) is 4.18. The van der Waals surface area contributed by atoms with Gasteiger partial charge in [0.15, 0.2) is 17.2 Å². The highest BCUT2D eigenvalue weighted by Crippen LogP contribution is 2.33. The monoisotopic (exact) mass is 482 g/mol. The highest BCUT2D eigenvalue weighted by Gasteiger charge is 2.24. The van der Waals surface area contributed by atoms with Gasteiger partial charge in [-0.15, -0.1) is 0 Å².